The Bertz CT molecular complexity index is 315. The summed E-state index contributed by atoms with van der Waals surface area (Å²) >= 11 is 0. The summed E-state index contributed by atoms with van der Waals surface area (Å²) in [4.78, 5) is 4.56. The van der Waals surface area contributed by atoms with Crippen LogP contribution < -0.4 is 5.73 Å². The largest absolute Gasteiger partial charge is 0.321 e. The first-order valence-electron chi connectivity index (χ1n) is 6.49. The lowest BCUT2D eigenvalue weighted by Crippen LogP contribution is -2.12. The SMILES string of the molecule is CCC[C@@H](N)c1n[nH]c(C2CCCCC2)n1. The number of nitrogens with one attached hydrogen (secondary N) is 1. The van der Waals surface area contributed by atoms with Gasteiger partial charge in [0.15, 0.2) is 5.82 Å². The molecule has 0 amide bonds. The van der Waals surface area contributed by atoms with E-state index in [0.717, 1.165) is 24.5 Å². The topological polar surface area (TPSA) is 67.6 Å². The molecule has 1 saturated carbocycles. The van der Waals surface area contributed by atoms with Crippen LogP contribution in [0.25, 0.3) is 0 Å². The van der Waals surface area contributed by atoms with E-state index in [1.54, 1.807) is 0 Å². The summed E-state index contributed by atoms with van der Waals surface area (Å²) in [5.41, 5.74) is 6.00. The number of nitrogens with two attached hydrogens (primary N) is 1. The Morgan fingerprint density at radius 2 is 2.12 bits per heavy atom. The second-order valence-electron chi connectivity index (χ2n) is 4.81. The van der Waals surface area contributed by atoms with Gasteiger partial charge in [0, 0.05) is 5.92 Å². The zero-order valence-corrected chi connectivity index (χ0v) is 10.1. The van der Waals surface area contributed by atoms with Gasteiger partial charge in [-0.25, -0.2) is 4.98 Å². The first kappa shape index (κ1) is 11.6. The standard InChI is InChI=1S/C12H22N4/c1-2-6-10(13)12-14-11(15-16-12)9-7-4-3-5-8-9/h9-10H,2-8,13H2,1H3,(H,14,15,16)/t10-/m1/s1. The third-order valence-electron chi connectivity index (χ3n) is 3.44. The van der Waals surface area contributed by atoms with E-state index < -0.39 is 0 Å². The fourth-order valence-electron chi connectivity index (χ4n) is 2.45. The summed E-state index contributed by atoms with van der Waals surface area (Å²) in [5, 5.41) is 7.32. The highest BCUT2D eigenvalue weighted by Gasteiger charge is 2.20. The summed E-state index contributed by atoms with van der Waals surface area (Å²) < 4.78 is 0. The van der Waals surface area contributed by atoms with E-state index in [9.17, 15) is 0 Å². The van der Waals surface area contributed by atoms with Gasteiger partial charge < -0.3 is 5.73 Å². The van der Waals surface area contributed by atoms with Crippen LogP contribution in [-0.4, -0.2) is 15.2 Å². The van der Waals surface area contributed by atoms with Crippen LogP contribution in [0.3, 0.4) is 0 Å². The number of nitrogens with zero attached hydrogens (tertiary/aromatic N) is 2. The van der Waals surface area contributed by atoms with Crippen LogP contribution >= 0.6 is 0 Å². The molecule has 1 aliphatic carbocycles. The Balaban J connectivity index is 2.00. The molecule has 16 heavy (non-hydrogen) atoms. The summed E-state index contributed by atoms with van der Waals surface area (Å²) in [5.74, 6) is 2.44. The molecular formula is C12H22N4. The lowest BCUT2D eigenvalue weighted by Gasteiger charge is -2.18. The molecule has 1 aromatic rings. The predicted molar refractivity (Wildman–Crippen MR) is 64.0 cm³/mol. The zero-order chi connectivity index (χ0) is 11.4. The van der Waals surface area contributed by atoms with Gasteiger partial charge in [-0.05, 0) is 19.3 Å². The van der Waals surface area contributed by atoms with Gasteiger partial charge in [0.1, 0.15) is 5.82 Å². The van der Waals surface area contributed by atoms with Crippen LogP contribution in [0.1, 0.15) is 75.5 Å². The molecule has 0 aromatic carbocycles. The van der Waals surface area contributed by atoms with Crippen LogP contribution in [-0.2, 0) is 0 Å². The monoisotopic (exact) mass is 222 g/mol. The average molecular weight is 222 g/mol. The van der Waals surface area contributed by atoms with Gasteiger partial charge in [-0.15, -0.1) is 0 Å². The summed E-state index contributed by atoms with van der Waals surface area (Å²) in [6.45, 7) is 2.13. The molecule has 1 atom stereocenters. The molecule has 4 nitrogen and oxygen atoms in total. The van der Waals surface area contributed by atoms with Crippen molar-refractivity contribution in [2.75, 3.05) is 0 Å². The molecule has 2 rings (SSSR count). The van der Waals surface area contributed by atoms with Gasteiger partial charge in [0.05, 0.1) is 6.04 Å². The van der Waals surface area contributed by atoms with Gasteiger partial charge in [-0.3, -0.25) is 5.10 Å². The second-order valence-corrected chi connectivity index (χ2v) is 4.81. The smallest absolute Gasteiger partial charge is 0.167 e. The minimum atomic E-state index is -0.00131. The molecular weight excluding hydrogens is 200 g/mol. The second kappa shape index (κ2) is 5.43. The lowest BCUT2D eigenvalue weighted by atomic mass is 9.89. The third kappa shape index (κ3) is 2.61. The maximum absolute atomic E-state index is 6.00. The van der Waals surface area contributed by atoms with Gasteiger partial charge in [0.2, 0.25) is 0 Å². The highest BCUT2D eigenvalue weighted by Crippen LogP contribution is 2.30. The van der Waals surface area contributed by atoms with E-state index in [1.165, 1.54) is 32.1 Å². The number of rotatable bonds is 4. The van der Waals surface area contributed by atoms with Crippen molar-refractivity contribution in [3.8, 4) is 0 Å². The molecule has 3 N–H and O–H groups in total. The third-order valence-corrected chi connectivity index (χ3v) is 3.44. The Morgan fingerprint density at radius 1 is 1.38 bits per heavy atom. The quantitative estimate of drug-likeness (QED) is 0.823. The fraction of sp³-hybridized carbons (Fsp3) is 0.833. The molecule has 1 heterocycles. The van der Waals surface area contributed by atoms with Crippen molar-refractivity contribution in [3.05, 3.63) is 11.6 Å². The van der Waals surface area contributed by atoms with Crippen LogP contribution in [0, 0.1) is 0 Å². The Hall–Kier alpha value is -0.900. The minimum Gasteiger partial charge on any atom is -0.321 e. The molecule has 0 unspecified atom stereocenters. The molecule has 1 fully saturated rings. The first-order chi connectivity index (χ1) is 7.81. The number of hydrogen-bond acceptors (Lipinski definition) is 3. The van der Waals surface area contributed by atoms with E-state index in [2.05, 4.69) is 22.1 Å². The molecule has 0 aliphatic heterocycles. The highest BCUT2D eigenvalue weighted by molar-refractivity contribution is 5.01. The van der Waals surface area contributed by atoms with E-state index in [4.69, 9.17) is 5.73 Å². The van der Waals surface area contributed by atoms with E-state index in [-0.39, 0.29) is 6.04 Å². The molecule has 0 radical (unpaired) electrons. The van der Waals surface area contributed by atoms with E-state index in [0.29, 0.717) is 5.92 Å². The van der Waals surface area contributed by atoms with Crippen LogP contribution in [0.2, 0.25) is 0 Å². The zero-order valence-electron chi connectivity index (χ0n) is 10.1. The van der Waals surface area contributed by atoms with Crippen molar-refractivity contribution in [1.29, 1.82) is 0 Å². The van der Waals surface area contributed by atoms with Gasteiger partial charge >= 0.3 is 0 Å². The molecule has 4 heteroatoms. The number of aromatic amines is 1. The van der Waals surface area contributed by atoms with Gasteiger partial charge in [-0.2, -0.15) is 5.10 Å². The van der Waals surface area contributed by atoms with Crippen LogP contribution in [0.4, 0.5) is 0 Å². The van der Waals surface area contributed by atoms with Crippen LogP contribution in [0.15, 0.2) is 0 Å². The minimum absolute atomic E-state index is 0.00131. The van der Waals surface area contributed by atoms with Crippen molar-refractivity contribution in [3.63, 3.8) is 0 Å². The number of H-pyrrole nitrogens is 1. The summed E-state index contributed by atoms with van der Waals surface area (Å²) in [6.07, 6.45) is 8.54. The molecule has 0 saturated heterocycles. The average Bonchev–Trinajstić information content (AvgIpc) is 2.80. The van der Waals surface area contributed by atoms with Crippen molar-refractivity contribution < 1.29 is 0 Å². The van der Waals surface area contributed by atoms with Crippen molar-refractivity contribution in [2.24, 2.45) is 5.73 Å². The van der Waals surface area contributed by atoms with Crippen LogP contribution in [0.5, 0.6) is 0 Å². The van der Waals surface area contributed by atoms with Gasteiger partial charge in [-0.1, -0.05) is 32.6 Å². The Morgan fingerprint density at radius 3 is 2.81 bits per heavy atom. The van der Waals surface area contributed by atoms with Crippen molar-refractivity contribution >= 4 is 0 Å². The van der Waals surface area contributed by atoms with Crippen molar-refractivity contribution in [2.45, 2.75) is 63.8 Å². The molecule has 90 valence electrons. The molecule has 0 bridgehead atoms. The van der Waals surface area contributed by atoms with Crippen molar-refractivity contribution in [1.82, 2.24) is 15.2 Å². The summed E-state index contributed by atoms with van der Waals surface area (Å²) in [6, 6.07) is -0.00131. The fourth-order valence-corrected chi connectivity index (χ4v) is 2.45. The maximum atomic E-state index is 6.00. The summed E-state index contributed by atoms with van der Waals surface area (Å²) in [7, 11) is 0. The Labute approximate surface area is 97.0 Å². The van der Waals surface area contributed by atoms with E-state index in [1.807, 2.05) is 0 Å². The predicted octanol–water partition coefficient (Wildman–Crippen LogP) is 2.65. The number of hydrogen-bond donors (Lipinski definition) is 2. The highest BCUT2D eigenvalue weighted by atomic mass is 15.2. The Kier molecular flexibility index (Phi) is 3.93. The first-order valence-corrected chi connectivity index (χ1v) is 6.49. The van der Waals surface area contributed by atoms with Gasteiger partial charge in [0.25, 0.3) is 0 Å². The number of aromatic nitrogens is 3. The normalized spacial score (nSPS) is 19.9. The lowest BCUT2D eigenvalue weighted by molar-refractivity contribution is 0.429. The molecule has 1 aromatic heterocycles. The molecule has 0 spiro atoms. The molecule has 1 aliphatic rings. The maximum Gasteiger partial charge on any atom is 0.167 e. The van der Waals surface area contributed by atoms with E-state index >= 15 is 0 Å².